The molecule has 2 aromatic heterocycles. The summed E-state index contributed by atoms with van der Waals surface area (Å²) in [6, 6.07) is 9.29. The van der Waals surface area contributed by atoms with Gasteiger partial charge in [0.25, 0.3) is 0 Å². The molecule has 3 aromatic rings. The molecule has 144 valence electrons. The molecule has 6 nitrogen and oxygen atoms in total. The maximum atomic E-state index is 14.0. The molecule has 28 heavy (non-hydrogen) atoms. The number of hydrogen-bond donors (Lipinski definition) is 3. The summed E-state index contributed by atoms with van der Waals surface area (Å²) in [6.45, 7) is 0.0554. The van der Waals surface area contributed by atoms with Gasteiger partial charge >= 0.3 is 0 Å². The molecular formula is C21H21FN4O2. The molecule has 0 saturated heterocycles. The second-order valence-electron chi connectivity index (χ2n) is 6.76. The van der Waals surface area contributed by atoms with Crippen LogP contribution in [0.1, 0.15) is 16.7 Å². The fourth-order valence-electron chi connectivity index (χ4n) is 3.65. The zero-order chi connectivity index (χ0) is 19.6. The van der Waals surface area contributed by atoms with Crippen LogP contribution in [0.4, 0.5) is 15.8 Å². The summed E-state index contributed by atoms with van der Waals surface area (Å²) in [7, 11) is 1.58. The van der Waals surface area contributed by atoms with E-state index in [9.17, 15) is 9.50 Å². The molecule has 0 aliphatic carbocycles. The Balaban J connectivity index is 1.78. The van der Waals surface area contributed by atoms with E-state index < -0.39 is 11.5 Å². The van der Waals surface area contributed by atoms with Gasteiger partial charge in [0.1, 0.15) is 17.2 Å². The van der Waals surface area contributed by atoms with Gasteiger partial charge in [-0.2, -0.15) is 0 Å². The van der Waals surface area contributed by atoms with Gasteiger partial charge in [0.2, 0.25) is 0 Å². The predicted molar refractivity (Wildman–Crippen MR) is 105 cm³/mol. The number of ether oxygens (including phenoxy) is 1. The molecule has 0 radical (unpaired) electrons. The van der Waals surface area contributed by atoms with Gasteiger partial charge < -0.3 is 20.5 Å². The van der Waals surface area contributed by atoms with Crippen molar-refractivity contribution >= 4 is 11.4 Å². The van der Waals surface area contributed by atoms with E-state index in [1.807, 2.05) is 24.3 Å². The zero-order valence-corrected chi connectivity index (χ0v) is 15.4. The van der Waals surface area contributed by atoms with Crippen molar-refractivity contribution in [1.82, 2.24) is 9.97 Å². The van der Waals surface area contributed by atoms with Crippen molar-refractivity contribution in [3.05, 3.63) is 77.6 Å². The van der Waals surface area contributed by atoms with Gasteiger partial charge in [0, 0.05) is 36.5 Å². The van der Waals surface area contributed by atoms with E-state index in [1.54, 1.807) is 25.7 Å². The summed E-state index contributed by atoms with van der Waals surface area (Å²) in [5.74, 6) is 0.213. The van der Waals surface area contributed by atoms with Crippen molar-refractivity contribution in [1.29, 1.82) is 0 Å². The minimum Gasteiger partial charge on any atom is -0.495 e. The number of fused-ring (bicyclic) bond motifs is 1. The molecular weight excluding hydrogens is 359 g/mol. The molecule has 3 N–H and O–H groups in total. The molecule has 0 amide bonds. The van der Waals surface area contributed by atoms with Gasteiger partial charge in [-0.3, -0.25) is 9.97 Å². The van der Waals surface area contributed by atoms with Gasteiger partial charge in [0.15, 0.2) is 0 Å². The van der Waals surface area contributed by atoms with Crippen LogP contribution >= 0.6 is 0 Å². The highest BCUT2D eigenvalue weighted by molar-refractivity contribution is 5.68. The number of para-hydroxylation sites is 1. The lowest BCUT2D eigenvalue weighted by molar-refractivity contribution is 0.300. The van der Waals surface area contributed by atoms with Gasteiger partial charge in [-0.05, 0) is 23.6 Å². The Bertz CT molecular complexity index is 998. The van der Waals surface area contributed by atoms with Gasteiger partial charge in [-0.1, -0.05) is 18.2 Å². The standard InChI is InChI=1S/C21H21FN4O2/c1-28-19-8-18(12-24-13-19)25-21(16-7-17(22)11-23-10-16)9-15-4-2-3-14(5-6-27)20(15)26-21/h2-4,7-8,10-13,25-27H,5-6,9H2,1H3. The van der Waals surface area contributed by atoms with Crippen LogP contribution in [0.5, 0.6) is 5.75 Å². The van der Waals surface area contributed by atoms with Crippen LogP contribution < -0.4 is 15.4 Å². The highest BCUT2D eigenvalue weighted by Crippen LogP contribution is 2.42. The SMILES string of the molecule is COc1cncc(NC2(c3cncc(F)c3)Cc3cccc(CCO)c3N2)c1. The summed E-state index contributed by atoms with van der Waals surface area (Å²) in [6.07, 6.45) is 7.25. The molecule has 1 aliphatic rings. The Morgan fingerprint density at radius 3 is 2.86 bits per heavy atom. The summed E-state index contributed by atoms with van der Waals surface area (Å²) in [4.78, 5) is 8.23. The second-order valence-corrected chi connectivity index (χ2v) is 6.76. The number of nitrogens with zero attached hydrogens (tertiary/aromatic N) is 2. The zero-order valence-electron chi connectivity index (χ0n) is 15.4. The number of methoxy groups -OCH3 is 1. The van der Waals surface area contributed by atoms with Crippen molar-refractivity contribution in [2.45, 2.75) is 18.5 Å². The number of aliphatic hydroxyl groups is 1. The molecule has 1 atom stereocenters. The number of aliphatic hydroxyl groups excluding tert-OH is 1. The number of benzene rings is 1. The quantitative estimate of drug-likeness (QED) is 0.610. The van der Waals surface area contributed by atoms with Crippen molar-refractivity contribution in [2.24, 2.45) is 0 Å². The third-order valence-corrected chi connectivity index (χ3v) is 4.92. The highest BCUT2D eigenvalue weighted by Gasteiger charge is 2.40. The fourth-order valence-corrected chi connectivity index (χ4v) is 3.65. The number of anilines is 2. The first-order valence-corrected chi connectivity index (χ1v) is 9.01. The lowest BCUT2D eigenvalue weighted by atomic mass is 9.96. The Hall–Kier alpha value is -3.19. The predicted octanol–water partition coefficient (Wildman–Crippen LogP) is 3.09. The molecule has 1 unspecified atom stereocenters. The van der Waals surface area contributed by atoms with E-state index in [-0.39, 0.29) is 6.61 Å². The average molecular weight is 380 g/mol. The maximum absolute atomic E-state index is 14.0. The Labute approximate surface area is 162 Å². The normalized spacial score (nSPS) is 17.7. The number of rotatable bonds is 6. The minimum atomic E-state index is -0.808. The number of halogens is 1. The van der Waals surface area contributed by atoms with Gasteiger partial charge in [0.05, 0.1) is 31.4 Å². The number of nitrogens with one attached hydrogen (secondary N) is 2. The smallest absolute Gasteiger partial charge is 0.141 e. The molecule has 3 heterocycles. The molecule has 0 fully saturated rings. The molecule has 7 heteroatoms. The molecule has 1 aromatic carbocycles. The fraction of sp³-hybridized carbons (Fsp3) is 0.238. The van der Waals surface area contributed by atoms with E-state index >= 15 is 0 Å². The average Bonchev–Trinajstić information content (AvgIpc) is 3.09. The molecule has 0 bridgehead atoms. The van der Waals surface area contributed by atoms with E-state index in [0.29, 0.717) is 24.2 Å². The first-order valence-electron chi connectivity index (χ1n) is 9.01. The van der Waals surface area contributed by atoms with Gasteiger partial charge in [-0.15, -0.1) is 0 Å². The second kappa shape index (κ2) is 7.44. The summed E-state index contributed by atoms with van der Waals surface area (Å²) in [5.41, 5.74) is 3.63. The van der Waals surface area contributed by atoms with Crippen LogP contribution in [0.25, 0.3) is 0 Å². The highest BCUT2D eigenvalue weighted by atomic mass is 19.1. The first kappa shape index (κ1) is 18.2. The van der Waals surface area contributed by atoms with Crippen LogP contribution in [0.3, 0.4) is 0 Å². The lowest BCUT2D eigenvalue weighted by Crippen LogP contribution is -2.42. The van der Waals surface area contributed by atoms with Crippen molar-refractivity contribution in [3.8, 4) is 5.75 Å². The van der Waals surface area contributed by atoms with E-state index in [1.165, 1.54) is 12.3 Å². The lowest BCUT2D eigenvalue weighted by Gasteiger charge is -2.33. The third kappa shape index (κ3) is 3.36. The van der Waals surface area contributed by atoms with Crippen molar-refractivity contribution in [3.63, 3.8) is 0 Å². The minimum absolute atomic E-state index is 0.0554. The molecule has 0 spiro atoms. The monoisotopic (exact) mass is 380 g/mol. The maximum Gasteiger partial charge on any atom is 0.141 e. The van der Waals surface area contributed by atoms with Crippen LogP contribution in [0, 0.1) is 5.82 Å². The van der Waals surface area contributed by atoms with E-state index in [0.717, 1.165) is 22.5 Å². The first-order chi connectivity index (χ1) is 13.6. The van der Waals surface area contributed by atoms with Crippen molar-refractivity contribution in [2.75, 3.05) is 24.4 Å². The van der Waals surface area contributed by atoms with Crippen molar-refractivity contribution < 1.29 is 14.2 Å². The number of pyridine rings is 2. The van der Waals surface area contributed by atoms with Crippen LogP contribution in [0.2, 0.25) is 0 Å². The third-order valence-electron chi connectivity index (χ3n) is 4.92. The topological polar surface area (TPSA) is 79.3 Å². The molecule has 1 aliphatic heterocycles. The number of hydrogen-bond acceptors (Lipinski definition) is 6. The summed E-state index contributed by atoms with van der Waals surface area (Å²) >= 11 is 0. The van der Waals surface area contributed by atoms with Crippen LogP contribution in [-0.2, 0) is 18.5 Å². The Morgan fingerprint density at radius 2 is 2.07 bits per heavy atom. The van der Waals surface area contributed by atoms with E-state index in [2.05, 4.69) is 20.6 Å². The Morgan fingerprint density at radius 1 is 1.21 bits per heavy atom. The summed E-state index contributed by atoms with van der Waals surface area (Å²) in [5, 5.41) is 16.4. The largest absolute Gasteiger partial charge is 0.495 e. The van der Waals surface area contributed by atoms with Gasteiger partial charge in [-0.25, -0.2) is 4.39 Å². The number of aromatic nitrogens is 2. The summed E-state index contributed by atoms with van der Waals surface area (Å²) < 4.78 is 19.3. The van der Waals surface area contributed by atoms with Crippen LogP contribution in [0.15, 0.2) is 55.1 Å². The molecule has 4 rings (SSSR count). The van der Waals surface area contributed by atoms with E-state index in [4.69, 9.17) is 4.74 Å². The van der Waals surface area contributed by atoms with Crippen LogP contribution in [-0.4, -0.2) is 28.8 Å². The Kier molecular flexibility index (Phi) is 4.83. The molecule has 0 saturated carbocycles.